The molecule has 1 aromatic carbocycles. The molecule has 2 amide bonds. The van der Waals surface area contributed by atoms with Crippen molar-refractivity contribution < 1.29 is 14.3 Å². The summed E-state index contributed by atoms with van der Waals surface area (Å²) in [6.07, 6.45) is 3.32. The van der Waals surface area contributed by atoms with Crippen molar-refractivity contribution in [2.24, 2.45) is 0 Å². The first kappa shape index (κ1) is 22.7. The number of rotatable bonds is 5. The zero-order valence-corrected chi connectivity index (χ0v) is 19.8. The third-order valence-electron chi connectivity index (χ3n) is 5.74. The number of anilines is 2. The number of piperazine rings is 1. The molecule has 11 heteroatoms. The number of benzene rings is 1. The van der Waals surface area contributed by atoms with E-state index in [4.69, 9.17) is 21.1 Å². The topological polar surface area (TPSA) is 97.6 Å². The predicted molar refractivity (Wildman–Crippen MR) is 126 cm³/mol. The van der Waals surface area contributed by atoms with Crippen molar-refractivity contribution in [3.8, 4) is 17.3 Å². The Morgan fingerprint density at radius 3 is 2.30 bits per heavy atom. The van der Waals surface area contributed by atoms with Gasteiger partial charge in [0.25, 0.3) is 0 Å². The molecule has 4 rings (SSSR count). The Balaban J connectivity index is 1.41. The number of hydrogen-bond acceptors (Lipinski definition) is 7. The Morgan fingerprint density at radius 2 is 1.67 bits per heavy atom. The van der Waals surface area contributed by atoms with Crippen LogP contribution in [0, 0.1) is 13.8 Å². The van der Waals surface area contributed by atoms with Crippen LogP contribution in [0.3, 0.4) is 0 Å². The summed E-state index contributed by atoms with van der Waals surface area (Å²) in [6, 6.07) is 4.98. The van der Waals surface area contributed by atoms with Crippen molar-refractivity contribution in [2.45, 2.75) is 13.8 Å². The maximum Gasteiger partial charge on any atom is 0.322 e. The van der Waals surface area contributed by atoms with Gasteiger partial charge in [-0.25, -0.2) is 19.7 Å². The van der Waals surface area contributed by atoms with Crippen molar-refractivity contribution in [1.29, 1.82) is 0 Å². The van der Waals surface area contributed by atoms with Gasteiger partial charge < -0.3 is 24.6 Å². The van der Waals surface area contributed by atoms with E-state index >= 15 is 0 Å². The van der Waals surface area contributed by atoms with Crippen LogP contribution in [0.15, 0.2) is 30.9 Å². The number of nitrogens with one attached hydrogen (secondary N) is 1. The Hall–Kier alpha value is -3.53. The molecule has 0 radical (unpaired) electrons. The maximum atomic E-state index is 12.9. The summed E-state index contributed by atoms with van der Waals surface area (Å²) in [5.74, 6) is 2.53. The van der Waals surface area contributed by atoms with Crippen molar-refractivity contribution in [2.75, 3.05) is 50.6 Å². The smallest absolute Gasteiger partial charge is 0.322 e. The average molecular weight is 472 g/mol. The number of halogens is 1. The van der Waals surface area contributed by atoms with Gasteiger partial charge in [-0.1, -0.05) is 11.6 Å². The number of carbonyl (C=O) groups excluding carboxylic acids is 1. The fourth-order valence-corrected chi connectivity index (χ4v) is 3.90. The zero-order chi connectivity index (χ0) is 23.5. The molecule has 0 bridgehead atoms. The molecular formula is C22H26ClN7O3. The second kappa shape index (κ2) is 9.53. The Morgan fingerprint density at radius 1 is 0.970 bits per heavy atom. The number of nitrogens with zero attached hydrogens (tertiary/aromatic N) is 6. The molecule has 10 nitrogen and oxygen atoms in total. The van der Waals surface area contributed by atoms with Gasteiger partial charge in [-0.2, -0.15) is 0 Å². The van der Waals surface area contributed by atoms with Gasteiger partial charge in [-0.15, -0.1) is 0 Å². The van der Waals surface area contributed by atoms with Gasteiger partial charge in [-0.05, 0) is 19.9 Å². The van der Waals surface area contributed by atoms with Gasteiger partial charge in [0.15, 0.2) is 0 Å². The van der Waals surface area contributed by atoms with Crippen molar-refractivity contribution in [3.05, 3.63) is 47.3 Å². The minimum atomic E-state index is -0.220. The zero-order valence-electron chi connectivity index (χ0n) is 19.0. The molecule has 174 valence electrons. The van der Waals surface area contributed by atoms with Gasteiger partial charge in [-0.3, -0.25) is 4.57 Å². The summed E-state index contributed by atoms with van der Waals surface area (Å²) >= 11 is 6.21. The van der Waals surface area contributed by atoms with Crippen molar-refractivity contribution in [3.63, 3.8) is 0 Å². The molecule has 0 aliphatic carbocycles. The Kier molecular flexibility index (Phi) is 6.55. The normalized spacial score (nSPS) is 13.7. The number of imidazole rings is 1. The summed E-state index contributed by atoms with van der Waals surface area (Å²) < 4.78 is 12.5. The molecule has 1 N–H and O–H groups in total. The van der Waals surface area contributed by atoms with E-state index in [1.165, 1.54) is 14.2 Å². The van der Waals surface area contributed by atoms with Crippen LogP contribution in [0.1, 0.15) is 11.4 Å². The first-order chi connectivity index (χ1) is 15.9. The minimum Gasteiger partial charge on any atom is -0.495 e. The summed E-state index contributed by atoms with van der Waals surface area (Å²) in [7, 11) is 3.05. The largest absolute Gasteiger partial charge is 0.495 e. The maximum absolute atomic E-state index is 12.9. The fourth-order valence-electron chi connectivity index (χ4n) is 3.66. The van der Waals surface area contributed by atoms with Gasteiger partial charge in [0.05, 0.1) is 30.6 Å². The van der Waals surface area contributed by atoms with Crippen LogP contribution >= 0.6 is 11.6 Å². The summed E-state index contributed by atoms with van der Waals surface area (Å²) in [4.78, 5) is 29.9. The summed E-state index contributed by atoms with van der Waals surface area (Å²) in [5.41, 5.74) is 2.49. The van der Waals surface area contributed by atoms with Crippen LogP contribution in [0.4, 0.5) is 16.3 Å². The van der Waals surface area contributed by atoms with E-state index in [0.29, 0.717) is 48.4 Å². The predicted octanol–water partition coefficient (Wildman–Crippen LogP) is 3.30. The molecule has 3 aromatic rings. The second-order valence-corrected chi connectivity index (χ2v) is 8.02. The quantitative estimate of drug-likeness (QED) is 0.609. The third-order valence-corrected chi connectivity index (χ3v) is 6.04. The number of carbonyl (C=O) groups is 1. The van der Waals surface area contributed by atoms with E-state index < -0.39 is 0 Å². The van der Waals surface area contributed by atoms with Crippen LogP contribution in [-0.4, -0.2) is 70.8 Å². The van der Waals surface area contributed by atoms with E-state index in [1.54, 1.807) is 29.7 Å². The van der Waals surface area contributed by atoms with Crippen molar-refractivity contribution in [1.82, 2.24) is 24.4 Å². The number of amides is 2. The molecule has 1 aliphatic rings. The van der Waals surface area contributed by atoms with E-state index in [1.807, 2.05) is 24.5 Å². The molecule has 1 saturated heterocycles. The lowest BCUT2D eigenvalue weighted by Crippen LogP contribution is -2.50. The number of ether oxygens (including phenoxy) is 2. The number of methoxy groups -OCH3 is 2. The second-order valence-electron chi connectivity index (χ2n) is 7.61. The number of hydrogen-bond donors (Lipinski definition) is 1. The van der Waals surface area contributed by atoms with Crippen LogP contribution in [0.25, 0.3) is 5.82 Å². The minimum absolute atomic E-state index is 0.220. The molecule has 1 fully saturated rings. The SMILES string of the molecule is COc1cc(OC)c(NC(=O)N2CCN(c3cc(-n4cnc(C)c4C)ncn3)CC2)cc1Cl. The lowest BCUT2D eigenvalue weighted by molar-refractivity contribution is 0.208. The lowest BCUT2D eigenvalue weighted by atomic mass is 10.2. The van der Waals surface area contributed by atoms with Crippen molar-refractivity contribution >= 4 is 29.1 Å². The van der Waals surface area contributed by atoms with E-state index in [2.05, 4.69) is 25.2 Å². The highest BCUT2D eigenvalue weighted by Crippen LogP contribution is 2.36. The number of urea groups is 1. The van der Waals surface area contributed by atoms with Gasteiger partial charge in [0.2, 0.25) is 0 Å². The van der Waals surface area contributed by atoms with Gasteiger partial charge in [0.1, 0.15) is 35.8 Å². The fraction of sp³-hybridized carbons (Fsp3) is 0.364. The first-order valence-corrected chi connectivity index (χ1v) is 10.8. The number of aromatic nitrogens is 4. The molecular weight excluding hydrogens is 446 g/mol. The van der Waals surface area contributed by atoms with E-state index in [9.17, 15) is 4.79 Å². The number of aryl methyl sites for hydroxylation is 1. The Bertz CT molecular complexity index is 1160. The van der Waals surface area contributed by atoms with E-state index in [0.717, 1.165) is 23.0 Å². The summed E-state index contributed by atoms with van der Waals surface area (Å²) in [6.45, 7) is 6.35. The monoisotopic (exact) mass is 471 g/mol. The molecule has 1 aliphatic heterocycles. The molecule has 0 spiro atoms. The van der Waals surface area contributed by atoms with E-state index in [-0.39, 0.29) is 6.03 Å². The van der Waals surface area contributed by atoms with Crippen LogP contribution < -0.4 is 19.7 Å². The molecule has 3 heterocycles. The van der Waals surface area contributed by atoms with Crippen LogP contribution in [0.2, 0.25) is 5.02 Å². The molecule has 2 aromatic heterocycles. The highest BCUT2D eigenvalue weighted by molar-refractivity contribution is 6.32. The lowest BCUT2D eigenvalue weighted by Gasteiger charge is -2.35. The molecule has 0 atom stereocenters. The van der Waals surface area contributed by atoms with Gasteiger partial charge in [0, 0.05) is 44.0 Å². The average Bonchev–Trinajstić information content (AvgIpc) is 3.17. The summed E-state index contributed by atoms with van der Waals surface area (Å²) in [5, 5.41) is 3.27. The van der Waals surface area contributed by atoms with Crippen LogP contribution in [0.5, 0.6) is 11.5 Å². The highest BCUT2D eigenvalue weighted by Gasteiger charge is 2.24. The highest BCUT2D eigenvalue weighted by atomic mass is 35.5. The molecule has 0 unspecified atom stereocenters. The molecule has 33 heavy (non-hydrogen) atoms. The standard InChI is InChI=1S/C22H26ClN7O3/c1-14-15(2)30(13-26-14)21-11-20(24-12-25-21)28-5-7-29(8-6-28)22(31)27-17-9-16(23)18(32-3)10-19(17)33-4/h9-13H,5-8H2,1-4H3,(H,27,31). The third kappa shape index (κ3) is 4.65. The van der Waals surface area contributed by atoms with Gasteiger partial charge >= 0.3 is 6.03 Å². The molecule has 0 saturated carbocycles. The first-order valence-electron chi connectivity index (χ1n) is 10.5. The Labute approximate surface area is 197 Å². The van der Waals surface area contributed by atoms with Crippen LogP contribution in [-0.2, 0) is 0 Å².